The largest absolute Gasteiger partial charge is 0.353 e. The molecule has 2 saturated heterocycles. The SMILES string of the molecule is CC(C)NC(=O)C(C)N1CCN(CC(=O)N2CCCC2)CC1. The Balaban J connectivity index is 1.73. The van der Waals surface area contributed by atoms with E-state index >= 15 is 0 Å². The Bertz CT molecular complexity index is 386. The third kappa shape index (κ3) is 4.68. The molecule has 6 nitrogen and oxygen atoms in total. The predicted molar refractivity (Wildman–Crippen MR) is 86.6 cm³/mol. The maximum Gasteiger partial charge on any atom is 0.237 e. The van der Waals surface area contributed by atoms with Crippen molar-refractivity contribution in [1.29, 1.82) is 0 Å². The molecule has 0 aromatic carbocycles. The van der Waals surface area contributed by atoms with Gasteiger partial charge in [0.25, 0.3) is 0 Å². The lowest BCUT2D eigenvalue weighted by atomic mass is 10.2. The molecule has 2 aliphatic rings. The molecule has 0 bridgehead atoms. The first kappa shape index (κ1) is 17.2. The number of carbonyl (C=O) groups is 2. The Morgan fingerprint density at radius 1 is 0.955 bits per heavy atom. The minimum atomic E-state index is -0.0983. The van der Waals surface area contributed by atoms with Crippen molar-refractivity contribution in [3.8, 4) is 0 Å². The zero-order valence-electron chi connectivity index (χ0n) is 14.2. The standard InChI is InChI=1S/C16H30N4O2/c1-13(2)17-16(22)14(3)19-10-8-18(9-11-19)12-15(21)20-6-4-5-7-20/h13-14H,4-12H2,1-3H3,(H,17,22). The first-order valence-electron chi connectivity index (χ1n) is 8.52. The lowest BCUT2D eigenvalue weighted by molar-refractivity contribution is -0.133. The molecule has 6 heteroatoms. The quantitative estimate of drug-likeness (QED) is 0.785. The van der Waals surface area contributed by atoms with Gasteiger partial charge in [0, 0.05) is 45.3 Å². The molecule has 0 aromatic heterocycles. The average molecular weight is 310 g/mol. The average Bonchev–Trinajstić information content (AvgIpc) is 3.01. The summed E-state index contributed by atoms with van der Waals surface area (Å²) in [6.07, 6.45) is 2.28. The molecule has 0 aromatic rings. The number of hydrogen-bond donors (Lipinski definition) is 1. The van der Waals surface area contributed by atoms with Crippen molar-refractivity contribution in [1.82, 2.24) is 20.0 Å². The third-order valence-corrected chi connectivity index (χ3v) is 4.58. The van der Waals surface area contributed by atoms with Gasteiger partial charge in [-0.2, -0.15) is 0 Å². The van der Waals surface area contributed by atoms with E-state index in [1.54, 1.807) is 0 Å². The van der Waals surface area contributed by atoms with Crippen LogP contribution in [0.4, 0.5) is 0 Å². The fraction of sp³-hybridized carbons (Fsp3) is 0.875. The van der Waals surface area contributed by atoms with Gasteiger partial charge in [0.1, 0.15) is 0 Å². The van der Waals surface area contributed by atoms with Crippen LogP contribution in [-0.4, -0.2) is 84.4 Å². The summed E-state index contributed by atoms with van der Waals surface area (Å²) in [7, 11) is 0. The van der Waals surface area contributed by atoms with Gasteiger partial charge in [0.05, 0.1) is 12.6 Å². The Labute approximate surface area is 133 Å². The number of carbonyl (C=O) groups excluding carboxylic acids is 2. The fourth-order valence-electron chi connectivity index (χ4n) is 3.14. The van der Waals surface area contributed by atoms with E-state index in [1.165, 1.54) is 0 Å². The zero-order valence-corrected chi connectivity index (χ0v) is 14.2. The van der Waals surface area contributed by atoms with Crippen molar-refractivity contribution in [2.75, 3.05) is 45.8 Å². The lowest BCUT2D eigenvalue weighted by Crippen LogP contribution is -2.55. The zero-order chi connectivity index (χ0) is 16.1. The van der Waals surface area contributed by atoms with Crippen LogP contribution in [0, 0.1) is 0 Å². The Kier molecular flexibility index (Phi) is 6.20. The molecule has 1 atom stereocenters. The van der Waals surface area contributed by atoms with E-state index in [4.69, 9.17) is 0 Å². The molecule has 1 N–H and O–H groups in total. The van der Waals surface area contributed by atoms with Crippen LogP contribution in [0.2, 0.25) is 0 Å². The van der Waals surface area contributed by atoms with Crippen molar-refractivity contribution in [2.24, 2.45) is 0 Å². The van der Waals surface area contributed by atoms with E-state index in [1.807, 2.05) is 25.7 Å². The predicted octanol–water partition coefficient (Wildman–Crippen LogP) is 0.140. The summed E-state index contributed by atoms with van der Waals surface area (Å²) in [5.41, 5.74) is 0. The van der Waals surface area contributed by atoms with E-state index in [0.29, 0.717) is 6.54 Å². The Morgan fingerprint density at radius 3 is 2.09 bits per heavy atom. The topological polar surface area (TPSA) is 55.9 Å². The highest BCUT2D eigenvalue weighted by Gasteiger charge is 2.27. The number of piperazine rings is 1. The van der Waals surface area contributed by atoms with Crippen molar-refractivity contribution < 1.29 is 9.59 Å². The molecular weight excluding hydrogens is 280 g/mol. The molecule has 0 spiro atoms. The van der Waals surface area contributed by atoms with Gasteiger partial charge in [-0.15, -0.1) is 0 Å². The maximum atomic E-state index is 12.2. The maximum absolute atomic E-state index is 12.2. The number of likely N-dealkylation sites (tertiary alicyclic amines) is 1. The summed E-state index contributed by atoms with van der Waals surface area (Å²) in [5.74, 6) is 0.355. The molecule has 2 rings (SSSR count). The Morgan fingerprint density at radius 2 is 1.55 bits per heavy atom. The summed E-state index contributed by atoms with van der Waals surface area (Å²) in [6, 6.07) is 0.0770. The number of hydrogen-bond acceptors (Lipinski definition) is 4. The van der Waals surface area contributed by atoms with Gasteiger partial charge in [0.2, 0.25) is 11.8 Å². The molecule has 22 heavy (non-hydrogen) atoms. The number of nitrogens with zero attached hydrogens (tertiary/aromatic N) is 3. The number of rotatable bonds is 5. The molecule has 0 radical (unpaired) electrons. The molecule has 1 unspecified atom stereocenters. The monoisotopic (exact) mass is 310 g/mol. The van der Waals surface area contributed by atoms with Gasteiger partial charge < -0.3 is 10.2 Å². The van der Waals surface area contributed by atoms with Gasteiger partial charge in [-0.1, -0.05) is 0 Å². The molecule has 2 amide bonds. The van der Waals surface area contributed by atoms with Crippen molar-refractivity contribution >= 4 is 11.8 Å². The van der Waals surface area contributed by atoms with E-state index in [9.17, 15) is 9.59 Å². The van der Waals surface area contributed by atoms with Crippen LogP contribution >= 0.6 is 0 Å². The van der Waals surface area contributed by atoms with E-state index in [2.05, 4.69) is 15.1 Å². The first-order valence-corrected chi connectivity index (χ1v) is 8.52. The summed E-state index contributed by atoms with van der Waals surface area (Å²) in [5, 5.41) is 2.97. The fourth-order valence-corrected chi connectivity index (χ4v) is 3.14. The molecule has 126 valence electrons. The molecule has 2 fully saturated rings. The smallest absolute Gasteiger partial charge is 0.237 e. The van der Waals surface area contributed by atoms with Crippen LogP contribution in [0.25, 0.3) is 0 Å². The third-order valence-electron chi connectivity index (χ3n) is 4.58. The van der Waals surface area contributed by atoms with Gasteiger partial charge in [0.15, 0.2) is 0 Å². The minimum absolute atomic E-state index is 0.0941. The summed E-state index contributed by atoms with van der Waals surface area (Å²) < 4.78 is 0. The first-order chi connectivity index (χ1) is 10.5. The van der Waals surface area contributed by atoms with Crippen LogP contribution in [0.5, 0.6) is 0 Å². The van der Waals surface area contributed by atoms with Gasteiger partial charge in [-0.25, -0.2) is 0 Å². The highest BCUT2D eigenvalue weighted by molar-refractivity contribution is 5.81. The van der Waals surface area contributed by atoms with Crippen molar-refractivity contribution in [3.05, 3.63) is 0 Å². The number of amides is 2. The van der Waals surface area contributed by atoms with Crippen LogP contribution < -0.4 is 5.32 Å². The molecule has 2 heterocycles. The van der Waals surface area contributed by atoms with Crippen LogP contribution in [0.15, 0.2) is 0 Å². The second-order valence-corrected chi connectivity index (χ2v) is 6.74. The minimum Gasteiger partial charge on any atom is -0.353 e. The number of nitrogens with one attached hydrogen (secondary N) is 1. The van der Waals surface area contributed by atoms with Gasteiger partial charge >= 0.3 is 0 Å². The van der Waals surface area contributed by atoms with E-state index < -0.39 is 0 Å². The second-order valence-electron chi connectivity index (χ2n) is 6.74. The highest BCUT2D eigenvalue weighted by Crippen LogP contribution is 2.10. The second kappa shape index (κ2) is 7.92. The van der Waals surface area contributed by atoms with Gasteiger partial charge in [-0.3, -0.25) is 19.4 Å². The van der Waals surface area contributed by atoms with E-state index in [-0.39, 0.29) is 23.9 Å². The van der Waals surface area contributed by atoms with Crippen molar-refractivity contribution in [2.45, 2.75) is 45.7 Å². The lowest BCUT2D eigenvalue weighted by Gasteiger charge is -2.37. The summed E-state index contributed by atoms with van der Waals surface area (Å²) in [6.45, 7) is 11.7. The molecule has 0 saturated carbocycles. The normalized spacial score (nSPS) is 22.1. The summed E-state index contributed by atoms with van der Waals surface area (Å²) in [4.78, 5) is 30.6. The summed E-state index contributed by atoms with van der Waals surface area (Å²) >= 11 is 0. The van der Waals surface area contributed by atoms with Crippen LogP contribution in [0.1, 0.15) is 33.6 Å². The molecule has 2 aliphatic heterocycles. The van der Waals surface area contributed by atoms with E-state index in [0.717, 1.165) is 52.1 Å². The molecule has 0 aliphatic carbocycles. The highest BCUT2D eigenvalue weighted by atomic mass is 16.2. The molecular formula is C16H30N4O2. The Hall–Kier alpha value is -1.14. The van der Waals surface area contributed by atoms with Crippen LogP contribution in [0.3, 0.4) is 0 Å². The van der Waals surface area contributed by atoms with Crippen molar-refractivity contribution in [3.63, 3.8) is 0 Å². The van der Waals surface area contributed by atoms with Gasteiger partial charge in [-0.05, 0) is 33.6 Å². The van der Waals surface area contributed by atoms with Crippen LogP contribution in [-0.2, 0) is 9.59 Å².